The van der Waals surface area contributed by atoms with Crippen LogP contribution in [0.15, 0.2) is 66.7 Å². The van der Waals surface area contributed by atoms with E-state index in [-0.39, 0.29) is 11.9 Å². The van der Waals surface area contributed by atoms with Crippen molar-refractivity contribution in [1.29, 1.82) is 0 Å². The molecule has 0 aliphatic heterocycles. The number of rotatable bonds is 9. The van der Waals surface area contributed by atoms with Gasteiger partial charge in [0.1, 0.15) is 0 Å². The molecule has 2 aromatic carbocycles. The van der Waals surface area contributed by atoms with E-state index in [1.807, 2.05) is 54.6 Å². The summed E-state index contributed by atoms with van der Waals surface area (Å²) >= 11 is 0. The summed E-state index contributed by atoms with van der Waals surface area (Å²) in [5, 5.41) is 2.97. The van der Waals surface area contributed by atoms with E-state index in [1.165, 1.54) is 0 Å². The Morgan fingerprint density at radius 1 is 0.962 bits per heavy atom. The molecule has 2 aromatic rings. The molecule has 0 aromatic heterocycles. The minimum absolute atomic E-state index is 0.0711. The lowest BCUT2D eigenvalue weighted by Gasteiger charge is -2.10. The number of unbranched alkanes of at least 4 members (excludes halogenated alkanes) is 2. The predicted molar refractivity (Wildman–Crippen MR) is 104 cm³/mol. The Morgan fingerprint density at radius 2 is 1.65 bits per heavy atom. The number of hydrogen-bond acceptors (Lipinski definition) is 3. The first-order valence-electron chi connectivity index (χ1n) is 8.85. The molecule has 4 heteroatoms. The summed E-state index contributed by atoms with van der Waals surface area (Å²) < 4.78 is 5.04. The van der Waals surface area contributed by atoms with E-state index in [0.29, 0.717) is 24.3 Å². The molecule has 0 saturated heterocycles. The molecule has 0 spiro atoms. The molecule has 1 N–H and O–H groups in total. The van der Waals surface area contributed by atoms with Gasteiger partial charge >= 0.3 is 5.97 Å². The maximum Gasteiger partial charge on any atom is 0.333 e. The molecule has 2 rings (SSSR count). The van der Waals surface area contributed by atoms with Gasteiger partial charge in [-0.1, -0.05) is 55.1 Å². The van der Waals surface area contributed by atoms with Crippen LogP contribution < -0.4 is 5.32 Å². The number of ether oxygens (including phenoxy) is 1. The molecular weight excluding hydrogens is 326 g/mol. The van der Waals surface area contributed by atoms with Crippen molar-refractivity contribution in [2.75, 3.05) is 13.2 Å². The van der Waals surface area contributed by atoms with Crippen molar-refractivity contribution < 1.29 is 14.3 Å². The third kappa shape index (κ3) is 5.88. The highest BCUT2D eigenvalue weighted by Crippen LogP contribution is 2.23. The fourth-order valence-corrected chi connectivity index (χ4v) is 2.54. The molecule has 0 aliphatic rings. The molecule has 136 valence electrons. The van der Waals surface area contributed by atoms with E-state index in [0.717, 1.165) is 30.4 Å². The molecule has 0 radical (unpaired) electrons. The molecule has 0 aliphatic carbocycles. The molecule has 0 saturated carbocycles. The highest BCUT2D eigenvalue weighted by Gasteiger charge is 2.11. The van der Waals surface area contributed by atoms with Gasteiger partial charge in [-0.15, -0.1) is 0 Å². The largest absolute Gasteiger partial charge is 0.462 e. The zero-order valence-corrected chi connectivity index (χ0v) is 15.2. The van der Waals surface area contributed by atoms with Gasteiger partial charge in [-0.05, 0) is 43.4 Å². The summed E-state index contributed by atoms with van der Waals surface area (Å²) in [6.07, 6.45) is 2.49. The van der Waals surface area contributed by atoms with Crippen LogP contribution >= 0.6 is 0 Å². The van der Waals surface area contributed by atoms with Crippen molar-refractivity contribution in [3.8, 4) is 11.1 Å². The van der Waals surface area contributed by atoms with E-state index in [1.54, 1.807) is 6.92 Å². The van der Waals surface area contributed by atoms with Gasteiger partial charge in [-0.25, -0.2) is 4.79 Å². The maximum absolute atomic E-state index is 12.5. The van der Waals surface area contributed by atoms with E-state index in [9.17, 15) is 9.59 Å². The smallest absolute Gasteiger partial charge is 0.333 e. The molecule has 0 heterocycles. The maximum atomic E-state index is 12.5. The van der Waals surface area contributed by atoms with Gasteiger partial charge in [0.25, 0.3) is 5.91 Å². The first kappa shape index (κ1) is 19.4. The topological polar surface area (TPSA) is 55.4 Å². The molecule has 0 atom stereocenters. The number of hydrogen-bond donors (Lipinski definition) is 1. The molecule has 1 amide bonds. The fraction of sp³-hybridized carbons (Fsp3) is 0.273. The van der Waals surface area contributed by atoms with Gasteiger partial charge in [0.15, 0.2) is 0 Å². The SMILES string of the molecule is C=C(C)C(=O)OCCCCCNC(=O)c1ccccc1-c1ccccc1. The summed E-state index contributed by atoms with van der Waals surface area (Å²) in [5.74, 6) is -0.422. The first-order chi connectivity index (χ1) is 12.6. The lowest BCUT2D eigenvalue weighted by Crippen LogP contribution is -2.25. The zero-order chi connectivity index (χ0) is 18.8. The highest BCUT2D eigenvalue weighted by molar-refractivity contribution is 6.00. The third-order valence-corrected chi connectivity index (χ3v) is 3.94. The van der Waals surface area contributed by atoms with Gasteiger partial charge in [0.2, 0.25) is 0 Å². The van der Waals surface area contributed by atoms with Crippen molar-refractivity contribution in [3.05, 3.63) is 72.3 Å². The number of amides is 1. The summed E-state index contributed by atoms with van der Waals surface area (Å²) in [7, 11) is 0. The summed E-state index contributed by atoms with van der Waals surface area (Å²) in [6, 6.07) is 17.5. The lowest BCUT2D eigenvalue weighted by atomic mass is 9.99. The second kappa shape index (κ2) is 10.2. The van der Waals surface area contributed by atoms with Crippen LogP contribution in [-0.2, 0) is 9.53 Å². The quantitative estimate of drug-likeness (QED) is 0.414. The summed E-state index contributed by atoms with van der Waals surface area (Å²) in [6.45, 7) is 6.15. The average Bonchev–Trinajstić information content (AvgIpc) is 2.67. The Morgan fingerprint density at radius 3 is 2.38 bits per heavy atom. The van der Waals surface area contributed by atoms with Gasteiger partial charge in [0, 0.05) is 17.7 Å². The minimum Gasteiger partial charge on any atom is -0.462 e. The monoisotopic (exact) mass is 351 g/mol. The summed E-state index contributed by atoms with van der Waals surface area (Å²) in [5.41, 5.74) is 3.04. The van der Waals surface area contributed by atoms with Crippen molar-refractivity contribution in [2.45, 2.75) is 26.2 Å². The second-order valence-corrected chi connectivity index (χ2v) is 6.14. The Hall–Kier alpha value is -2.88. The van der Waals surface area contributed by atoms with Crippen LogP contribution in [-0.4, -0.2) is 25.0 Å². The number of esters is 1. The van der Waals surface area contributed by atoms with Crippen LogP contribution in [0.4, 0.5) is 0 Å². The van der Waals surface area contributed by atoms with Crippen molar-refractivity contribution in [1.82, 2.24) is 5.32 Å². The van der Waals surface area contributed by atoms with Crippen LogP contribution in [0.25, 0.3) is 11.1 Å². The standard InChI is InChI=1S/C22H25NO3/c1-17(2)22(25)26-16-10-4-9-15-23-21(24)20-14-8-7-13-19(20)18-11-5-3-6-12-18/h3,5-8,11-14H,1,4,9-10,15-16H2,2H3,(H,23,24). The van der Waals surface area contributed by atoms with Crippen molar-refractivity contribution in [2.24, 2.45) is 0 Å². The van der Waals surface area contributed by atoms with Crippen LogP contribution in [0.1, 0.15) is 36.5 Å². The minimum atomic E-state index is -0.351. The Balaban J connectivity index is 1.77. The van der Waals surface area contributed by atoms with E-state index in [2.05, 4.69) is 11.9 Å². The Bertz CT molecular complexity index is 753. The predicted octanol–water partition coefficient (Wildman–Crippen LogP) is 4.37. The molecular formula is C22H25NO3. The Kier molecular flexibility index (Phi) is 7.62. The van der Waals surface area contributed by atoms with Gasteiger partial charge in [-0.2, -0.15) is 0 Å². The average molecular weight is 351 g/mol. The third-order valence-electron chi connectivity index (χ3n) is 3.94. The van der Waals surface area contributed by atoms with Crippen molar-refractivity contribution >= 4 is 11.9 Å². The van der Waals surface area contributed by atoms with Crippen molar-refractivity contribution in [3.63, 3.8) is 0 Å². The lowest BCUT2D eigenvalue weighted by molar-refractivity contribution is -0.139. The number of benzene rings is 2. The number of carbonyl (C=O) groups excluding carboxylic acids is 2. The molecule has 26 heavy (non-hydrogen) atoms. The van der Waals surface area contributed by atoms with Crippen LogP contribution in [0.2, 0.25) is 0 Å². The van der Waals surface area contributed by atoms with E-state index >= 15 is 0 Å². The molecule has 0 fully saturated rings. The summed E-state index contributed by atoms with van der Waals surface area (Å²) in [4.78, 5) is 23.7. The zero-order valence-electron chi connectivity index (χ0n) is 15.2. The van der Waals surface area contributed by atoms with Gasteiger partial charge < -0.3 is 10.1 Å². The number of nitrogens with one attached hydrogen (secondary N) is 1. The highest BCUT2D eigenvalue weighted by atomic mass is 16.5. The van der Waals surface area contributed by atoms with E-state index < -0.39 is 0 Å². The molecule has 0 bridgehead atoms. The first-order valence-corrected chi connectivity index (χ1v) is 8.85. The fourth-order valence-electron chi connectivity index (χ4n) is 2.54. The van der Waals surface area contributed by atoms with Crippen LogP contribution in [0.5, 0.6) is 0 Å². The van der Waals surface area contributed by atoms with Crippen LogP contribution in [0, 0.1) is 0 Å². The van der Waals surface area contributed by atoms with E-state index in [4.69, 9.17) is 4.74 Å². The molecule has 0 unspecified atom stereocenters. The number of carbonyl (C=O) groups is 2. The Labute approximate surface area is 154 Å². The van der Waals surface area contributed by atoms with Gasteiger partial charge in [0.05, 0.1) is 6.61 Å². The van der Waals surface area contributed by atoms with Gasteiger partial charge in [-0.3, -0.25) is 4.79 Å². The van der Waals surface area contributed by atoms with Crippen LogP contribution in [0.3, 0.4) is 0 Å². The normalized spacial score (nSPS) is 10.2. The second-order valence-electron chi connectivity index (χ2n) is 6.14. The molecule has 4 nitrogen and oxygen atoms in total.